The van der Waals surface area contributed by atoms with Crippen molar-refractivity contribution in [2.24, 2.45) is 0 Å². The van der Waals surface area contributed by atoms with Gasteiger partial charge in [-0.05, 0) is 42.5 Å². The summed E-state index contributed by atoms with van der Waals surface area (Å²) in [5, 5.41) is 3.74. The molecule has 29 heavy (non-hydrogen) atoms. The van der Waals surface area contributed by atoms with Gasteiger partial charge in [0.05, 0.1) is 15.1 Å². The maximum atomic E-state index is 12.7. The summed E-state index contributed by atoms with van der Waals surface area (Å²) in [5.74, 6) is -0.0778. The molecule has 1 heterocycles. The van der Waals surface area contributed by atoms with E-state index in [-0.39, 0.29) is 29.7 Å². The molecule has 0 atom stereocenters. The van der Waals surface area contributed by atoms with Gasteiger partial charge in [0.15, 0.2) is 5.13 Å². The molecule has 0 aliphatic carbocycles. The number of anilines is 1. The van der Waals surface area contributed by atoms with E-state index in [1.165, 1.54) is 39.9 Å². The Labute approximate surface area is 187 Å². The minimum Gasteiger partial charge on any atom is -0.298 e. The number of amides is 1. The quantitative estimate of drug-likeness (QED) is 0.463. The number of alkyl halides is 2. The molecule has 0 bridgehead atoms. The van der Waals surface area contributed by atoms with Crippen molar-refractivity contribution in [2.75, 3.05) is 30.2 Å². The fraction of sp³-hybridized carbons (Fsp3) is 0.222. The van der Waals surface area contributed by atoms with Crippen LogP contribution in [-0.4, -0.2) is 48.5 Å². The van der Waals surface area contributed by atoms with E-state index in [2.05, 4.69) is 10.3 Å². The van der Waals surface area contributed by atoms with Crippen molar-refractivity contribution in [3.8, 4) is 0 Å². The predicted molar refractivity (Wildman–Crippen MR) is 119 cm³/mol. The molecule has 1 aromatic heterocycles. The van der Waals surface area contributed by atoms with Gasteiger partial charge in [0.1, 0.15) is 0 Å². The summed E-state index contributed by atoms with van der Waals surface area (Å²) >= 11 is 18.7. The van der Waals surface area contributed by atoms with Crippen LogP contribution in [0.3, 0.4) is 0 Å². The summed E-state index contributed by atoms with van der Waals surface area (Å²) in [6.07, 6.45) is 0. The minimum absolute atomic E-state index is 0.0684. The average Bonchev–Trinajstić information content (AvgIpc) is 3.09. The van der Waals surface area contributed by atoms with Crippen LogP contribution in [0.5, 0.6) is 0 Å². The average molecular weight is 493 g/mol. The number of thiazole rings is 1. The number of rotatable bonds is 8. The maximum absolute atomic E-state index is 12.7. The van der Waals surface area contributed by atoms with E-state index in [1.54, 1.807) is 18.2 Å². The van der Waals surface area contributed by atoms with Crippen LogP contribution < -0.4 is 5.32 Å². The first kappa shape index (κ1) is 22.3. The lowest BCUT2D eigenvalue weighted by atomic mass is 10.2. The molecule has 11 heteroatoms. The zero-order chi connectivity index (χ0) is 21.0. The summed E-state index contributed by atoms with van der Waals surface area (Å²) in [5.41, 5.74) is 1.04. The Balaban J connectivity index is 1.77. The van der Waals surface area contributed by atoms with Gasteiger partial charge in [-0.25, -0.2) is 13.4 Å². The van der Waals surface area contributed by atoms with Crippen molar-refractivity contribution in [3.05, 3.63) is 53.1 Å². The Kier molecular flexibility index (Phi) is 7.37. The molecular formula is C18H16Cl3N3O3S2. The molecule has 0 saturated heterocycles. The highest BCUT2D eigenvalue weighted by Crippen LogP contribution is 2.28. The van der Waals surface area contributed by atoms with Crippen LogP contribution in [0.2, 0.25) is 5.02 Å². The number of halogens is 3. The predicted octanol–water partition coefficient (Wildman–Crippen LogP) is 4.67. The highest BCUT2D eigenvalue weighted by Gasteiger charge is 2.23. The number of hydrogen-bond donors (Lipinski definition) is 1. The molecule has 6 nitrogen and oxygen atoms in total. The monoisotopic (exact) mass is 491 g/mol. The van der Waals surface area contributed by atoms with Crippen molar-refractivity contribution in [1.29, 1.82) is 0 Å². The summed E-state index contributed by atoms with van der Waals surface area (Å²) in [7, 11) is -3.74. The number of nitrogens with one attached hydrogen (secondary N) is 1. The van der Waals surface area contributed by atoms with Gasteiger partial charge in [0.25, 0.3) is 5.91 Å². The largest absolute Gasteiger partial charge is 0.298 e. The Morgan fingerprint density at radius 3 is 2.34 bits per heavy atom. The molecule has 1 N–H and O–H groups in total. The van der Waals surface area contributed by atoms with Gasteiger partial charge in [0.2, 0.25) is 10.0 Å². The van der Waals surface area contributed by atoms with E-state index in [0.29, 0.717) is 15.7 Å². The van der Waals surface area contributed by atoms with Gasteiger partial charge in [-0.1, -0.05) is 22.9 Å². The van der Waals surface area contributed by atoms with E-state index in [0.717, 1.165) is 10.2 Å². The lowest BCUT2D eigenvalue weighted by molar-refractivity contribution is 0.102. The molecule has 0 unspecified atom stereocenters. The molecule has 3 aromatic rings. The highest BCUT2D eigenvalue weighted by atomic mass is 35.5. The van der Waals surface area contributed by atoms with Gasteiger partial charge >= 0.3 is 0 Å². The second kappa shape index (κ2) is 9.59. The standard InChI is InChI=1S/C18H16Cl3N3O3S2/c19-7-9-24(10-8-20)29(26,27)14-4-1-12(2-5-14)17(25)23-18-22-15-6-3-13(21)11-16(15)28-18/h1-6,11H,7-10H2,(H,22,23,25). The fourth-order valence-electron chi connectivity index (χ4n) is 2.59. The van der Waals surface area contributed by atoms with Gasteiger partial charge < -0.3 is 0 Å². The van der Waals surface area contributed by atoms with Gasteiger partial charge in [0, 0.05) is 35.4 Å². The zero-order valence-electron chi connectivity index (χ0n) is 14.9. The molecule has 0 aliphatic heterocycles. The van der Waals surface area contributed by atoms with E-state index in [1.807, 2.05) is 0 Å². The first-order valence-electron chi connectivity index (χ1n) is 8.44. The number of nitrogens with zero attached hydrogens (tertiary/aromatic N) is 2. The summed E-state index contributed by atoms with van der Waals surface area (Å²) in [6.45, 7) is 0.306. The fourth-order valence-corrected chi connectivity index (χ4v) is 5.78. The Morgan fingerprint density at radius 2 is 1.72 bits per heavy atom. The first-order chi connectivity index (χ1) is 13.8. The number of hydrogen-bond acceptors (Lipinski definition) is 5. The van der Waals surface area contributed by atoms with Crippen molar-refractivity contribution < 1.29 is 13.2 Å². The van der Waals surface area contributed by atoms with Crippen LogP contribution in [0, 0.1) is 0 Å². The van der Waals surface area contributed by atoms with Crippen molar-refractivity contribution in [1.82, 2.24) is 9.29 Å². The molecule has 2 aromatic carbocycles. The van der Waals surface area contributed by atoms with Crippen molar-refractivity contribution in [3.63, 3.8) is 0 Å². The molecule has 0 saturated carbocycles. The summed E-state index contributed by atoms with van der Waals surface area (Å²) < 4.78 is 27.5. The number of carbonyl (C=O) groups excluding carboxylic acids is 1. The summed E-state index contributed by atoms with van der Waals surface area (Å²) in [6, 6.07) is 11.0. The zero-order valence-corrected chi connectivity index (χ0v) is 18.8. The topological polar surface area (TPSA) is 79.4 Å². The van der Waals surface area contributed by atoms with Crippen molar-refractivity contribution in [2.45, 2.75) is 4.90 Å². The number of sulfonamides is 1. The van der Waals surface area contributed by atoms with E-state index < -0.39 is 15.9 Å². The van der Waals surface area contributed by atoms with E-state index >= 15 is 0 Å². The molecule has 0 spiro atoms. The molecule has 1 amide bonds. The van der Waals surface area contributed by atoms with Crippen LogP contribution in [0.4, 0.5) is 5.13 Å². The van der Waals surface area contributed by atoms with Crippen LogP contribution in [-0.2, 0) is 10.0 Å². The van der Waals surface area contributed by atoms with Gasteiger partial charge in [-0.2, -0.15) is 4.31 Å². The molecule has 3 rings (SSSR count). The smallest absolute Gasteiger partial charge is 0.257 e. The van der Waals surface area contributed by atoms with E-state index in [4.69, 9.17) is 34.8 Å². The second-order valence-electron chi connectivity index (χ2n) is 5.89. The lowest BCUT2D eigenvalue weighted by Gasteiger charge is -2.20. The number of benzene rings is 2. The number of fused-ring (bicyclic) bond motifs is 1. The third-order valence-electron chi connectivity index (χ3n) is 3.99. The minimum atomic E-state index is -3.74. The third kappa shape index (κ3) is 5.20. The first-order valence-corrected chi connectivity index (χ1v) is 12.1. The summed E-state index contributed by atoms with van der Waals surface area (Å²) in [4.78, 5) is 16.9. The highest BCUT2D eigenvalue weighted by molar-refractivity contribution is 7.89. The Hall–Kier alpha value is -1.42. The van der Waals surface area contributed by atoms with Crippen LogP contribution in [0.1, 0.15) is 10.4 Å². The third-order valence-corrected chi connectivity index (χ3v) is 7.41. The molecule has 0 fully saturated rings. The van der Waals surface area contributed by atoms with Gasteiger partial charge in [-0.15, -0.1) is 23.2 Å². The number of carbonyl (C=O) groups is 1. The number of aromatic nitrogens is 1. The molecule has 0 radical (unpaired) electrons. The van der Waals surface area contributed by atoms with Crippen LogP contribution in [0.15, 0.2) is 47.4 Å². The molecule has 154 valence electrons. The van der Waals surface area contributed by atoms with Crippen LogP contribution in [0.25, 0.3) is 10.2 Å². The maximum Gasteiger partial charge on any atom is 0.257 e. The molecular weight excluding hydrogens is 477 g/mol. The Bertz CT molecular complexity index is 1110. The lowest BCUT2D eigenvalue weighted by Crippen LogP contribution is -2.34. The van der Waals surface area contributed by atoms with Crippen LogP contribution >= 0.6 is 46.1 Å². The van der Waals surface area contributed by atoms with Gasteiger partial charge in [-0.3, -0.25) is 10.1 Å². The Morgan fingerprint density at radius 1 is 1.07 bits per heavy atom. The van der Waals surface area contributed by atoms with Crippen molar-refractivity contribution >= 4 is 77.4 Å². The normalized spacial score (nSPS) is 11.9. The SMILES string of the molecule is O=C(Nc1nc2ccc(Cl)cc2s1)c1ccc(S(=O)(=O)N(CCCl)CCCl)cc1. The molecule has 0 aliphatic rings. The second-order valence-corrected chi connectivity index (χ2v) is 10.1. The van der Waals surface area contributed by atoms with E-state index in [9.17, 15) is 13.2 Å².